The molecule has 2 atom stereocenters. The fraction of sp³-hybridized carbons (Fsp3) is 0.400. The first-order valence-corrected chi connectivity index (χ1v) is 5.95. The summed E-state index contributed by atoms with van der Waals surface area (Å²) in [5, 5.41) is 0. The SMILES string of the molecule is COC(=O)C1(/C=C/c2ccccc2)[C@H](C)[C@H]1C. The third kappa shape index (κ3) is 1.88. The highest BCUT2D eigenvalue weighted by atomic mass is 16.5. The van der Waals surface area contributed by atoms with Crippen LogP contribution in [0.2, 0.25) is 0 Å². The second kappa shape index (κ2) is 4.36. The normalized spacial score (nSPS) is 31.5. The van der Waals surface area contributed by atoms with E-state index in [1.807, 2.05) is 42.5 Å². The number of ether oxygens (including phenoxy) is 1. The molecule has 0 saturated heterocycles. The quantitative estimate of drug-likeness (QED) is 0.746. The van der Waals surface area contributed by atoms with Gasteiger partial charge in [0.15, 0.2) is 0 Å². The van der Waals surface area contributed by atoms with Gasteiger partial charge in [0.25, 0.3) is 0 Å². The average molecular weight is 230 g/mol. The van der Waals surface area contributed by atoms with Crippen molar-refractivity contribution >= 4 is 12.0 Å². The molecule has 1 aromatic carbocycles. The summed E-state index contributed by atoms with van der Waals surface area (Å²) in [6, 6.07) is 10.0. The molecule has 0 amide bonds. The van der Waals surface area contributed by atoms with Crippen molar-refractivity contribution in [3.63, 3.8) is 0 Å². The second-order valence-electron chi connectivity index (χ2n) is 4.75. The van der Waals surface area contributed by atoms with Gasteiger partial charge in [-0.2, -0.15) is 0 Å². The zero-order valence-electron chi connectivity index (χ0n) is 10.5. The maximum Gasteiger partial charge on any atom is 0.316 e. The third-order valence-electron chi connectivity index (χ3n) is 4.04. The number of hydrogen-bond donors (Lipinski definition) is 0. The molecule has 1 aliphatic rings. The Labute approximate surface area is 102 Å². The Morgan fingerprint density at radius 3 is 2.29 bits per heavy atom. The zero-order valence-corrected chi connectivity index (χ0v) is 10.5. The van der Waals surface area contributed by atoms with Gasteiger partial charge in [-0.25, -0.2) is 0 Å². The number of rotatable bonds is 3. The van der Waals surface area contributed by atoms with Crippen molar-refractivity contribution in [1.29, 1.82) is 0 Å². The maximum atomic E-state index is 11.9. The largest absolute Gasteiger partial charge is 0.468 e. The molecule has 0 aliphatic heterocycles. The fourth-order valence-corrected chi connectivity index (χ4v) is 2.53. The summed E-state index contributed by atoms with van der Waals surface area (Å²) >= 11 is 0. The lowest BCUT2D eigenvalue weighted by molar-refractivity contribution is -0.146. The molecule has 0 bridgehead atoms. The monoisotopic (exact) mass is 230 g/mol. The fourth-order valence-electron chi connectivity index (χ4n) is 2.53. The van der Waals surface area contributed by atoms with Crippen LogP contribution in [0.5, 0.6) is 0 Å². The molecule has 1 saturated carbocycles. The lowest BCUT2D eigenvalue weighted by Crippen LogP contribution is -2.18. The van der Waals surface area contributed by atoms with Gasteiger partial charge in [-0.05, 0) is 17.4 Å². The van der Waals surface area contributed by atoms with Crippen LogP contribution in [0.25, 0.3) is 6.08 Å². The van der Waals surface area contributed by atoms with Crippen LogP contribution in [-0.2, 0) is 9.53 Å². The van der Waals surface area contributed by atoms with E-state index >= 15 is 0 Å². The second-order valence-corrected chi connectivity index (χ2v) is 4.75. The first kappa shape index (κ1) is 11.9. The third-order valence-corrected chi connectivity index (χ3v) is 4.04. The zero-order chi connectivity index (χ0) is 12.5. The minimum absolute atomic E-state index is 0.121. The first-order chi connectivity index (χ1) is 8.13. The molecule has 1 aromatic rings. The topological polar surface area (TPSA) is 26.3 Å². The van der Waals surface area contributed by atoms with Crippen LogP contribution in [0.15, 0.2) is 36.4 Å². The van der Waals surface area contributed by atoms with Crippen molar-refractivity contribution in [3.8, 4) is 0 Å². The van der Waals surface area contributed by atoms with E-state index < -0.39 is 5.41 Å². The Bertz CT molecular complexity index is 425. The molecular weight excluding hydrogens is 212 g/mol. The molecule has 0 radical (unpaired) electrons. The Balaban J connectivity index is 2.22. The molecule has 17 heavy (non-hydrogen) atoms. The summed E-state index contributed by atoms with van der Waals surface area (Å²) in [6.07, 6.45) is 4.01. The van der Waals surface area contributed by atoms with Crippen molar-refractivity contribution in [2.75, 3.05) is 7.11 Å². The molecule has 90 valence electrons. The van der Waals surface area contributed by atoms with Gasteiger partial charge in [0, 0.05) is 0 Å². The summed E-state index contributed by atoms with van der Waals surface area (Å²) < 4.78 is 4.92. The van der Waals surface area contributed by atoms with Gasteiger partial charge in [-0.1, -0.05) is 56.3 Å². The molecule has 2 heteroatoms. The summed E-state index contributed by atoms with van der Waals surface area (Å²) in [4.78, 5) is 11.9. The Morgan fingerprint density at radius 2 is 1.82 bits per heavy atom. The summed E-state index contributed by atoms with van der Waals surface area (Å²) in [5.74, 6) is 0.592. The number of hydrogen-bond acceptors (Lipinski definition) is 2. The average Bonchev–Trinajstić information content (AvgIpc) is 2.90. The maximum absolute atomic E-state index is 11.9. The van der Waals surface area contributed by atoms with E-state index in [4.69, 9.17) is 4.74 Å². The molecule has 0 aromatic heterocycles. The van der Waals surface area contributed by atoms with Crippen LogP contribution in [0, 0.1) is 17.3 Å². The van der Waals surface area contributed by atoms with Crippen molar-refractivity contribution in [2.45, 2.75) is 13.8 Å². The van der Waals surface area contributed by atoms with Crippen molar-refractivity contribution in [3.05, 3.63) is 42.0 Å². The van der Waals surface area contributed by atoms with Gasteiger partial charge < -0.3 is 4.74 Å². The lowest BCUT2D eigenvalue weighted by Gasteiger charge is -2.09. The van der Waals surface area contributed by atoms with Crippen LogP contribution in [0.4, 0.5) is 0 Å². The smallest absolute Gasteiger partial charge is 0.316 e. The molecule has 0 unspecified atom stereocenters. The first-order valence-electron chi connectivity index (χ1n) is 5.95. The van der Waals surface area contributed by atoms with Gasteiger partial charge in [-0.3, -0.25) is 4.79 Å². The predicted octanol–water partition coefficient (Wildman–Crippen LogP) is 3.15. The number of esters is 1. The van der Waals surface area contributed by atoms with Crippen LogP contribution in [-0.4, -0.2) is 13.1 Å². The van der Waals surface area contributed by atoms with Crippen molar-refractivity contribution in [1.82, 2.24) is 0 Å². The number of benzene rings is 1. The Hall–Kier alpha value is -1.57. The van der Waals surface area contributed by atoms with Gasteiger partial charge in [0.1, 0.15) is 0 Å². The predicted molar refractivity (Wildman–Crippen MR) is 68.3 cm³/mol. The number of methoxy groups -OCH3 is 1. The minimum atomic E-state index is -0.412. The van der Waals surface area contributed by atoms with Gasteiger partial charge in [0.2, 0.25) is 0 Å². The number of carbonyl (C=O) groups is 1. The molecule has 0 spiro atoms. The van der Waals surface area contributed by atoms with Gasteiger partial charge in [0.05, 0.1) is 12.5 Å². The highest BCUT2D eigenvalue weighted by Crippen LogP contribution is 2.60. The van der Waals surface area contributed by atoms with E-state index in [0.29, 0.717) is 11.8 Å². The molecular formula is C15H18O2. The van der Waals surface area contributed by atoms with E-state index in [-0.39, 0.29) is 5.97 Å². The van der Waals surface area contributed by atoms with Gasteiger partial charge >= 0.3 is 5.97 Å². The minimum Gasteiger partial charge on any atom is -0.468 e. The van der Waals surface area contributed by atoms with E-state index in [1.165, 1.54) is 7.11 Å². The van der Waals surface area contributed by atoms with E-state index in [2.05, 4.69) is 13.8 Å². The van der Waals surface area contributed by atoms with Crippen LogP contribution in [0.1, 0.15) is 19.4 Å². The molecule has 0 N–H and O–H groups in total. The molecule has 2 nitrogen and oxygen atoms in total. The molecule has 0 heterocycles. The Kier molecular flexibility index (Phi) is 3.05. The Morgan fingerprint density at radius 1 is 1.24 bits per heavy atom. The summed E-state index contributed by atoms with van der Waals surface area (Å²) in [6.45, 7) is 4.19. The van der Waals surface area contributed by atoms with Gasteiger partial charge in [-0.15, -0.1) is 0 Å². The van der Waals surface area contributed by atoms with Crippen molar-refractivity contribution < 1.29 is 9.53 Å². The highest BCUT2D eigenvalue weighted by Gasteiger charge is 2.63. The van der Waals surface area contributed by atoms with E-state index in [0.717, 1.165) is 5.56 Å². The molecule has 2 rings (SSSR count). The summed E-state index contributed by atoms with van der Waals surface area (Å²) in [7, 11) is 1.46. The molecule has 1 fully saturated rings. The lowest BCUT2D eigenvalue weighted by atomic mass is 10.0. The summed E-state index contributed by atoms with van der Waals surface area (Å²) in [5.41, 5.74) is 0.701. The van der Waals surface area contributed by atoms with E-state index in [1.54, 1.807) is 0 Å². The van der Waals surface area contributed by atoms with Crippen LogP contribution in [0.3, 0.4) is 0 Å². The van der Waals surface area contributed by atoms with E-state index in [9.17, 15) is 4.79 Å². The standard InChI is InChI=1S/C15H18O2/c1-11-12(2)15(11,14(16)17-3)10-9-13-7-5-4-6-8-13/h4-12H,1-3H3/b10-9+/t11-,12-/m1/s1. The van der Waals surface area contributed by atoms with Crippen LogP contribution >= 0.6 is 0 Å². The number of carbonyl (C=O) groups excluding carboxylic acids is 1. The molecule has 1 aliphatic carbocycles. The van der Waals surface area contributed by atoms with Crippen LogP contribution < -0.4 is 0 Å². The highest BCUT2D eigenvalue weighted by molar-refractivity contribution is 5.85. The van der Waals surface area contributed by atoms with Crippen molar-refractivity contribution in [2.24, 2.45) is 17.3 Å².